The molecule has 0 saturated carbocycles. The van der Waals surface area contributed by atoms with Crippen LogP contribution in [0.1, 0.15) is 25.0 Å². The molecule has 1 N–H and O–H groups in total. The Morgan fingerprint density at radius 3 is 2.75 bits per heavy atom. The summed E-state index contributed by atoms with van der Waals surface area (Å²) in [7, 11) is 0. The normalized spacial score (nSPS) is 10.6. The molecule has 0 aliphatic rings. The molecule has 0 aliphatic heterocycles. The van der Waals surface area contributed by atoms with Crippen LogP contribution in [-0.4, -0.2) is 25.3 Å². The highest BCUT2D eigenvalue weighted by atomic mass is 16.5. The maximum atomic E-state index is 11.8. The van der Waals surface area contributed by atoms with E-state index in [0.29, 0.717) is 12.4 Å². The van der Waals surface area contributed by atoms with Gasteiger partial charge in [0, 0.05) is 5.56 Å². The van der Waals surface area contributed by atoms with Crippen molar-refractivity contribution in [3.05, 3.63) is 59.7 Å². The van der Waals surface area contributed by atoms with Gasteiger partial charge in [-0.05, 0) is 43.2 Å². The molecule has 2 aromatic rings. The van der Waals surface area contributed by atoms with Gasteiger partial charge in [0.15, 0.2) is 6.61 Å². The molecule has 126 valence electrons. The number of nitrogens with one attached hydrogen (secondary N) is 1. The van der Waals surface area contributed by atoms with Gasteiger partial charge in [-0.1, -0.05) is 31.2 Å². The van der Waals surface area contributed by atoms with Crippen LogP contribution in [-0.2, 0) is 11.2 Å². The van der Waals surface area contributed by atoms with Crippen LogP contribution >= 0.6 is 0 Å². The first-order chi connectivity index (χ1) is 11.7. The van der Waals surface area contributed by atoms with Crippen LogP contribution in [0.15, 0.2) is 53.6 Å². The molecule has 0 spiro atoms. The third kappa shape index (κ3) is 5.43. The van der Waals surface area contributed by atoms with Crippen molar-refractivity contribution in [3.63, 3.8) is 0 Å². The first-order valence-electron chi connectivity index (χ1n) is 7.98. The lowest BCUT2D eigenvalue weighted by Crippen LogP contribution is -2.24. The van der Waals surface area contributed by atoms with Crippen LogP contribution < -0.4 is 14.9 Å². The minimum Gasteiger partial charge on any atom is -0.493 e. The first-order valence-corrected chi connectivity index (χ1v) is 7.98. The summed E-state index contributed by atoms with van der Waals surface area (Å²) in [4.78, 5) is 11.8. The maximum absolute atomic E-state index is 11.8. The fraction of sp³-hybridized carbons (Fsp3) is 0.263. The Morgan fingerprint density at radius 1 is 1.12 bits per heavy atom. The fourth-order valence-electron chi connectivity index (χ4n) is 2.08. The van der Waals surface area contributed by atoms with Crippen LogP contribution in [0, 0.1) is 0 Å². The summed E-state index contributed by atoms with van der Waals surface area (Å²) in [5, 5.41) is 3.95. The molecular formula is C19H22N2O3. The van der Waals surface area contributed by atoms with Crippen molar-refractivity contribution in [1.29, 1.82) is 0 Å². The molecule has 0 saturated heterocycles. The summed E-state index contributed by atoms with van der Waals surface area (Å²) < 4.78 is 11.0. The average Bonchev–Trinajstić information content (AvgIpc) is 2.62. The molecule has 1 amide bonds. The topological polar surface area (TPSA) is 59.9 Å². The number of hydrogen-bond acceptors (Lipinski definition) is 4. The van der Waals surface area contributed by atoms with Crippen molar-refractivity contribution in [2.24, 2.45) is 5.10 Å². The molecule has 0 unspecified atom stereocenters. The smallest absolute Gasteiger partial charge is 0.277 e. The van der Waals surface area contributed by atoms with Gasteiger partial charge in [0.2, 0.25) is 0 Å². The molecule has 2 aromatic carbocycles. The second-order valence-corrected chi connectivity index (χ2v) is 5.05. The van der Waals surface area contributed by atoms with Crippen LogP contribution in [0.3, 0.4) is 0 Å². The fourth-order valence-corrected chi connectivity index (χ4v) is 2.08. The van der Waals surface area contributed by atoms with E-state index in [-0.39, 0.29) is 12.5 Å². The van der Waals surface area contributed by atoms with Gasteiger partial charge in [-0.25, -0.2) is 5.43 Å². The van der Waals surface area contributed by atoms with Crippen molar-refractivity contribution in [2.45, 2.75) is 20.3 Å². The highest BCUT2D eigenvalue weighted by Crippen LogP contribution is 2.15. The summed E-state index contributed by atoms with van der Waals surface area (Å²) in [5.41, 5.74) is 4.42. The number of para-hydroxylation sites is 1. The lowest BCUT2D eigenvalue weighted by atomic mass is 10.2. The minimum absolute atomic E-state index is 0.0857. The third-order valence-electron chi connectivity index (χ3n) is 3.29. The van der Waals surface area contributed by atoms with E-state index in [1.54, 1.807) is 6.21 Å². The van der Waals surface area contributed by atoms with Crippen LogP contribution in [0.25, 0.3) is 0 Å². The zero-order valence-corrected chi connectivity index (χ0v) is 14.0. The molecule has 0 atom stereocenters. The molecule has 0 aromatic heterocycles. The second-order valence-electron chi connectivity index (χ2n) is 5.05. The SMILES string of the molecule is CCOc1ccccc1/C=N/NC(=O)COc1cccc(CC)c1. The lowest BCUT2D eigenvalue weighted by Gasteiger charge is -2.07. The molecule has 24 heavy (non-hydrogen) atoms. The van der Waals surface area contributed by atoms with E-state index < -0.39 is 0 Å². The molecule has 0 radical (unpaired) electrons. The number of ether oxygens (including phenoxy) is 2. The highest BCUT2D eigenvalue weighted by molar-refractivity contribution is 5.85. The Morgan fingerprint density at radius 2 is 1.96 bits per heavy atom. The zero-order chi connectivity index (χ0) is 17.2. The Bertz CT molecular complexity index is 699. The average molecular weight is 326 g/mol. The number of aryl methyl sites for hydroxylation is 1. The Kier molecular flexibility index (Phi) is 6.83. The summed E-state index contributed by atoms with van der Waals surface area (Å²) in [6, 6.07) is 15.2. The molecular weight excluding hydrogens is 304 g/mol. The molecule has 2 rings (SSSR count). The van der Waals surface area contributed by atoms with E-state index in [2.05, 4.69) is 17.5 Å². The number of benzene rings is 2. The highest BCUT2D eigenvalue weighted by Gasteiger charge is 2.03. The number of rotatable bonds is 8. The van der Waals surface area contributed by atoms with Gasteiger partial charge in [-0.2, -0.15) is 5.10 Å². The van der Waals surface area contributed by atoms with Gasteiger partial charge in [-0.3, -0.25) is 4.79 Å². The Labute approximate surface area is 142 Å². The summed E-state index contributed by atoms with van der Waals surface area (Å²) in [6.45, 7) is 4.47. The molecule has 0 bridgehead atoms. The Hall–Kier alpha value is -2.82. The summed E-state index contributed by atoms with van der Waals surface area (Å²) >= 11 is 0. The van der Waals surface area contributed by atoms with Gasteiger partial charge in [0.25, 0.3) is 5.91 Å². The summed E-state index contributed by atoms with van der Waals surface area (Å²) in [6.07, 6.45) is 2.48. The van der Waals surface area contributed by atoms with E-state index >= 15 is 0 Å². The predicted molar refractivity (Wildman–Crippen MR) is 94.7 cm³/mol. The number of amides is 1. The number of hydrazone groups is 1. The first kappa shape index (κ1) is 17.5. The zero-order valence-electron chi connectivity index (χ0n) is 14.0. The lowest BCUT2D eigenvalue weighted by molar-refractivity contribution is -0.123. The number of carbonyl (C=O) groups excluding carboxylic acids is 1. The molecule has 5 nitrogen and oxygen atoms in total. The van der Waals surface area contributed by atoms with Crippen molar-refractivity contribution < 1.29 is 14.3 Å². The maximum Gasteiger partial charge on any atom is 0.277 e. The van der Waals surface area contributed by atoms with Gasteiger partial charge in [-0.15, -0.1) is 0 Å². The van der Waals surface area contributed by atoms with Crippen molar-refractivity contribution >= 4 is 12.1 Å². The number of carbonyl (C=O) groups is 1. The van der Waals surface area contributed by atoms with Gasteiger partial charge in [0.05, 0.1) is 12.8 Å². The van der Waals surface area contributed by atoms with Crippen molar-refractivity contribution in [1.82, 2.24) is 5.43 Å². The van der Waals surface area contributed by atoms with E-state index in [0.717, 1.165) is 17.7 Å². The second kappa shape index (κ2) is 9.35. The predicted octanol–water partition coefficient (Wildman–Crippen LogP) is 3.18. The molecule has 5 heteroatoms. The van der Waals surface area contributed by atoms with E-state index in [9.17, 15) is 4.79 Å². The van der Waals surface area contributed by atoms with Crippen molar-refractivity contribution in [3.8, 4) is 11.5 Å². The summed E-state index contributed by atoms with van der Waals surface area (Å²) in [5.74, 6) is 1.09. The van der Waals surface area contributed by atoms with Crippen LogP contribution in [0.2, 0.25) is 0 Å². The number of hydrogen-bond donors (Lipinski definition) is 1. The third-order valence-corrected chi connectivity index (χ3v) is 3.29. The largest absolute Gasteiger partial charge is 0.493 e. The molecule has 0 fully saturated rings. The van der Waals surface area contributed by atoms with E-state index in [4.69, 9.17) is 9.47 Å². The minimum atomic E-state index is -0.318. The molecule has 0 aliphatic carbocycles. The van der Waals surface area contributed by atoms with E-state index in [1.807, 2.05) is 55.5 Å². The monoisotopic (exact) mass is 326 g/mol. The number of nitrogens with zero attached hydrogens (tertiary/aromatic N) is 1. The van der Waals surface area contributed by atoms with E-state index in [1.165, 1.54) is 5.56 Å². The van der Waals surface area contributed by atoms with Gasteiger partial charge in [0.1, 0.15) is 11.5 Å². The molecule has 0 heterocycles. The van der Waals surface area contributed by atoms with Crippen LogP contribution in [0.4, 0.5) is 0 Å². The van der Waals surface area contributed by atoms with Crippen molar-refractivity contribution in [2.75, 3.05) is 13.2 Å². The van der Waals surface area contributed by atoms with Gasteiger partial charge < -0.3 is 9.47 Å². The van der Waals surface area contributed by atoms with Gasteiger partial charge >= 0.3 is 0 Å². The van der Waals surface area contributed by atoms with Crippen LogP contribution in [0.5, 0.6) is 11.5 Å². The Balaban J connectivity index is 1.84. The quantitative estimate of drug-likeness (QED) is 0.599. The standard InChI is InChI=1S/C19H22N2O3/c1-3-15-8-7-10-17(12-15)24-14-19(22)21-20-13-16-9-5-6-11-18(16)23-4-2/h5-13H,3-4,14H2,1-2H3,(H,21,22)/b20-13+.